The fourth-order valence-corrected chi connectivity index (χ4v) is 2.54. The molecule has 2 unspecified atom stereocenters. The Morgan fingerprint density at radius 2 is 2.38 bits per heavy atom. The number of ether oxygens (including phenoxy) is 1. The molecule has 2 rings (SSSR count). The number of hydrogen-bond donors (Lipinski definition) is 2. The molecule has 1 heterocycles. The molecule has 0 spiro atoms. The van der Waals surface area contributed by atoms with Gasteiger partial charge in [0.2, 0.25) is 5.91 Å². The number of nitrogens with one attached hydrogen (secondary N) is 2. The lowest BCUT2D eigenvalue weighted by molar-refractivity contribution is -0.122. The number of halogens is 3. The SMILES string of the molecule is CC(NC(=O)CC1COCCN1)c1ccc(F)cc1Cl.Cl. The van der Waals surface area contributed by atoms with Crippen LogP contribution in [-0.4, -0.2) is 31.7 Å². The van der Waals surface area contributed by atoms with Crippen molar-refractivity contribution >= 4 is 29.9 Å². The number of benzene rings is 1. The molecule has 1 saturated heterocycles. The average Bonchev–Trinajstić information content (AvgIpc) is 2.39. The highest BCUT2D eigenvalue weighted by molar-refractivity contribution is 6.31. The van der Waals surface area contributed by atoms with Gasteiger partial charge in [0.25, 0.3) is 0 Å². The molecule has 0 bridgehead atoms. The van der Waals surface area contributed by atoms with Gasteiger partial charge in [-0.05, 0) is 24.6 Å². The van der Waals surface area contributed by atoms with Crippen LogP contribution >= 0.6 is 24.0 Å². The molecular formula is C14H19Cl2FN2O2. The van der Waals surface area contributed by atoms with E-state index < -0.39 is 0 Å². The van der Waals surface area contributed by atoms with Crippen molar-refractivity contribution in [1.82, 2.24) is 10.6 Å². The summed E-state index contributed by atoms with van der Waals surface area (Å²) < 4.78 is 18.3. The van der Waals surface area contributed by atoms with Gasteiger partial charge in [-0.15, -0.1) is 12.4 Å². The van der Waals surface area contributed by atoms with Crippen LogP contribution < -0.4 is 10.6 Å². The Kier molecular flexibility index (Phi) is 7.39. The van der Waals surface area contributed by atoms with E-state index in [4.69, 9.17) is 16.3 Å². The zero-order valence-electron chi connectivity index (χ0n) is 11.7. The maximum Gasteiger partial charge on any atom is 0.222 e. The van der Waals surface area contributed by atoms with E-state index in [0.717, 1.165) is 6.54 Å². The van der Waals surface area contributed by atoms with Gasteiger partial charge < -0.3 is 15.4 Å². The summed E-state index contributed by atoms with van der Waals surface area (Å²) in [6.07, 6.45) is 0.350. The van der Waals surface area contributed by atoms with Gasteiger partial charge in [-0.2, -0.15) is 0 Å². The Hall–Kier alpha value is -0.880. The van der Waals surface area contributed by atoms with Gasteiger partial charge >= 0.3 is 0 Å². The van der Waals surface area contributed by atoms with Crippen LogP contribution in [0.5, 0.6) is 0 Å². The highest BCUT2D eigenvalue weighted by Crippen LogP contribution is 2.23. The highest BCUT2D eigenvalue weighted by Gasteiger charge is 2.19. The molecule has 2 atom stereocenters. The largest absolute Gasteiger partial charge is 0.378 e. The Morgan fingerprint density at radius 3 is 3.00 bits per heavy atom. The van der Waals surface area contributed by atoms with Gasteiger partial charge in [0, 0.05) is 24.0 Å². The van der Waals surface area contributed by atoms with Gasteiger partial charge in [0.05, 0.1) is 19.3 Å². The van der Waals surface area contributed by atoms with Crippen molar-refractivity contribution in [3.05, 3.63) is 34.6 Å². The zero-order chi connectivity index (χ0) is 14.5. The maximum atomic E-state index is 13.0. The normalized spacial score (nSPS) is 19.5. The predicted molar refractivity (Wildman–Crippen MR) is 82.4 cm³/mol. The topological polar surface area (TPSA) is 50.4 Å². The second-order valence-electron chi connectivity index (χ2n) is 4.89. The van der Waals surface area contributed by atoms with Crippen LogP contribution in [0.25, 0.3) is 0 Å². The molecule has 0 radical (unpaired) electrons. The molecule has 0 saturated carbocycles. The first-order valence-corrected chi connectivity index (χ1v) is 6.99. The zero-order valence-corrected chi connectivity index (χ0v) is 13.3. The summed E-state index contributed by atoms with van der Waals surface area (Å²) in [5, 5.41) is 6.40. The molecule has 7 heteroatoms. The molecule has 118 valence electrons. The van der Waals surface area contributed by atoms with E-state index in [1.807, 2.05) is 6.92 Å². The Bertz CT molecular complexity index is 482. The van der Waals surface area contributed by atoms with Crippen LogP contribution in [0.2, 0.25) is 5.02 Å². The molecule has 0 aliphatic carbocycles. The second kappa shape index (κ2) is 8.54. The highest BCUT2D eigenvalue weighted by atomic mass is 35.5. The third-order valence-corrected chi connectivity index (χ3v) is 3.56. The summed E-state index contributed by atoms with van der Waals surface area (Å²) in [6, 6.07) is 3.95. The molecule has 1 fully saturated rings. The van der Waals surface area contributed by atoms with Crippen molar-refractivity contribution in [2.75, 3.05) is 19.8 Å². The van der Waals surface area contributed by atoms with Gasteiger partial charge in [-0.1, -0.05) is 17.7 Å². The predicted octanol–water partition coefficient (Wildman–Crippen LogP) is 2.46. The average molecular weight is 337 g/mol. The van der Waals surface area contributed by atoms with Crippen molar-refractivity contribution in [3.63, 3.8) is 0 Å². The van der Waals surface area contributed by atoms with E-state index in [-0.39, 0.29) is 36.2 Å². The van der Waals surface area contributed by atoms with Crippen LogP contribution in [-0.2, 0) is 9.53 Å². The Labute approximate surface area is 134 Å². The first-order valence-electron chi connectivity index (χ1n) is 6.61. The summed E-state index contributed by atoms with van der Waals surface area (Å²) in [6.45, 7) is 3.80. The molecule has 21 heavy (non-hydrogen) atoms. The van der Waals surface area contributed by atoms with Crippen molar-refractivity contribution < 1.29 is 13.9 Å². The maximum absolute atomic E-state index is 13.0. The lowest BCUT2D eigenvalue weighted by Gasteiger charge is -2.24. The molecule has 4 nitrogen and oxygen atoms in total. The smallest absolute Gasteiger partial charge is 0.222 e. The van der Waals surface area contributed by atoms with Crippen molar-refractivity contribution in [3.8, 4) is 0 Å². The summed E-state index contributed by atoms with van der Waals surface area (Å²) in [5.41, 5.74) is 0.703. The Morgan fingerprint density at radius 1 is 1.62 bits per heavy atom. The van der Waals surface area contributed by atoms with Crippen LogP contribution in [0.3, 0.4) is 0 Å². The summed E-state index contributed by atoms with van der Waals surface area (Å²) in [7, 11) is 0. The second-order valence-corrected chi connectivity index (χ2v) is 5.29. The van der Waals surface area contributed by atoms with E-state index in [9.17, 15) is 9.18 Å². The molecule has 1 aliphatic rings. The standard InChI is InChI=1S/C14H18ClFN2O2.ClH/c1-9(12-3-2-10(16)6-13(12)15)18-14(19)7-11-8-20-5-4-17-11;/h2-3,6,9,11,17H,4-5,7-8H2,1H3,(H,18,19);1H. The first kappa shape index (κ1) is 18.2. The molecule has 1 aliphatic heterocycles. The molecule has 1 aromatic carbocycles. The minimum Gasteiger partial charge on any atom is -0.378 e. The van der Waals surface area contributed by atoms with Crippen LogP contribution in [0.1, 0.15) is 24.9 Å². The molecule has 1 aromatic rings. The van der Waals surface area contributed by atoms with E-state index in [1.54, 1.807) is 6.07 Å². The monoisotopic (exact) mass is 336 g/mol. The third kappa shape index (κ3) is 5.43. The van der Waals surface area contributed by atoms with Crippen LogP contribution in [0.4, 0.5) is 4.39 Å². The van der Waals surface area contributed by atoms with E-state index in [1.165, 1.54) is 12.1 Å². The first-order chi connectivity index (χ1) is 9.56. The Balaban J connectivity index is 0.00000220. The number of hydrogen-bond acceptors (Lipinski definition) is 3. The summed E-state index contributed by atoms with van der Waals surface area (Å²) >= 11 is 5.98. The fourth-order valence-electron chi connectivity index (χ4n) is 2.21. The van der Waals surface area contributed by atoms with E-state index >= 15 is 0 Å². The minimum absolute atomic E-state index is 0. The van der Waals surface area contributed by atoms with Gasteiger partial charge in [-0.25, -0.2) is 4.39 Å². The quantitative estimate of drug-likeness (QED) is 0.887. The van der Waals surface area contributed by atoms with Crippen LogP contribution in [0, 0.1) is 5.82 Å². The van der Waals surface area contributed by atoms with Gasteiger partial charge in [0.15, 0.2) is 0 Å². The lowest BCUT2D eigenvalue weighted by atomic mass is 10.1. The van der Waals surface area contributed by atoms with Crippen molar-refractivity contribution in [2.45, 2.75) is 25.4 Å². The minimum atomic E-state index is -0.388. The fraction of sp³-hybridized carbons (Fsp3) is 0.500. The molecule has 0 aromatic heterocycles. The lowest BCUT2D eigenvalue weighted by Crippen LogP contribution is -2.44. The third-order valence-electron chi connectivity index (χ3n) is 3.24. The number of morpholine rings is 1. The van der Waals surface area contributed by atoms with Gasteiger partial charge in [-0.3, -0.25) is 4.79 Å². The van der Waals surface area contributed by atoms with Crippen molar-refractivity contribution in [2.24, 2.45) is 0 Å². The number of carbonyl (C=O) groups is 1. The number of carbonyl (C=O) groups excluding carboxylic acids is 1. The van der Waals surface area contributed by atoms with E-state index in [2.05, 4.69) is 10.6 Å². The molecule has 1 amide bonds. The molecular weight excluding hydrogens is 318 g/mol. The molecule has 2 N–H and O–H groups in total. The summed E-state index contributed by atoms with van der Waals surface area (Å²) in [5.74, 6) is -0.471. The van der Waals surface area contributed by atoms with Gasteiger partial charge in [0.1, 0.15) is 5.82 Å². The van der Waals surface area contributed by atoms with Crippen LogP contribution in [0.15, 0.2) is 18.2 Å². The van der Waals surface area contributed by atoms with Crippen molar-refractivity contribution in [1.29, 1.82) is 0 Å². The number of rotatable bonds is 4. The number of amides is 1. The summed E-state index contributed by atoms with van der Waals surface area (Å²) in [4.78, 5) is 11.9. The van der Waals surface area contributed by atoms with E-state index in [0.29, 0.717) is 30.2 Å².